The van der Waals surface area contributed by atoms with Crippen molar-refractivity contribution in [3.8, 4) is 0 Å². The van der Waals surface area contributed by atoms with Crippen molar-refractivity contribution in [3.05, 3.63) is 0 Å². The SMILES string of the molecule is C[C@H]1CS(=O)(=O)CCN1C(=O)COCC1CC1. The molecule has 98 valence electrons. The number of nitrogens with zero attached hydrogens (tertiary/aromatic N) is 1. The third-order valence-electron chi connectivity index (χ3n) is 3.27. The van der Waals surface area contributed by atoms with Crippen molar-refractivity contribution < 1.29 is 17.9 Å². The first kappa shape index (κ1) is 12.8. The molecule has 1 saturated carbocycles. The lowest BCUT2D eigenvalue weighted by Crippen LogP contribution is -2.50. The summed E-state index contributed by atoms with van der Waals surface area (Å²) in [6, 6.07) is -0.231. The molecule has 0 spiro atoms. The van der Waals surface area contributed by atoms with Crippen LogP contribution in [0.5, 0.6) is 0 Å². The van der Waals surface area contributed by atoms with Crippen molar-refractivity contribution in [1.29, 1.82) is 0 Å². The summed E-state index contributed by atoms with van der Waals surface area (Å²) in [6.45, 7) is 2.82. The van der Waals surface area contributed by atoms with Crippen molar-refractivity contribution >= 4 is 15.7 Å². The second-order valence-electron chi connectivity index (χ2n) is 5.01. The molecule has 1 aliphatic carbocycles. The van der Waals surface area contributed by atoms with E-state index >= 15 is 0 Å². The Kier molecular flexibility index (Phi) is 3.73. The number of carbonyl (C=O) groups is 1. The maximum absolute atomic E-state index is 11.8. The van der Waals surface area contributed by atoms with Gasteiger partial charge in [-0.1, -0.05) is 0 Å². The predicted molar refractivity (Wildman–Crippen MR) is 63.4 cm³/mol. The van der Waals surface area contributed by atoms with Gasteiger partial charge in [-0.15, -0.1) is 0 Å². The van der Waals surface area contributed by atoms with Crippen molar-refractivity contribution in [3.63, 3.8) is 0 Å². The molecule has 0 N–H and O–H groups in total. The topological polar surface area (TPSA) is 63.7 Å². The standard InChI is InChI=1S/C11H19NO4S/c1-9-8-17(14,15)5-4-12(9)11(13)7-16-6-10-2-3-10/h9-10H,2-8H2,1H3/t9-/m0/s1. The molecule has 1 amide bonds. The second-order valence-corrected chi connectivity index (χ2v) is 7.24. The highest BCUT2D eigenvalue weighted by atomic mass is 32.2. The van der Waals surface area contributed by atoms with E-state index < -0.39 is 9.84 Å². The lowest BCUT2D eigenvalue weighted by atomic mass is 10.3. The van der Waals surface area contributed by atoms with Crippen LogP contribution in [0.15, 0.2) is 0 Å². The van der Waals surface area contributed by atoms with Gasteiger partial charge in [0.2, 0.25) is 5.91 Å². The molecule has 0 radical (unpaired) electrons. The Balaban J connectivity index is 1.78. The Bertz CT molecular complexity index is 388. The van der Waals surface area contributed by atoms with Gasteiger partial charge in [0.25, 0.3) is 0 Å². The average molecular weight is 261 g/mol. The number of sulfone groups is 1. The minimum atomic E-state index is -2.96. The van der Waals surface area contributed by atoms with Gasteiger partial charge in [-0.2, -0.15) is 0 Å². The zero-order valence-electron chi connectivity index (χ0n) is 10.1. The van der Waals surface area contributed by atoms with E-state index in [9.17, 15) is 13.2 Å². The first-order valence-electron chi connectivity index (χ1n) is 6.05. The van der Waals surface area contributed by atoms with Crippen LogP contribution in [-0.2, 0) is 19.4 Å². The van der Waals surface area contributed by atoms with E-state index in [1.165, 1.54) is 12.8 Å². The number of carbonyl (C=O) groups excluding carboxylic acids is 1. The van der Waals surface area contributed by atoms with Crippen LogP contribution >= 0.6 is 0 Å². The minimum absolute atomic E-state index is 0.0708. The molecule has 2 fully saturated rings. The smallest absolute Gasteiger partial charge is 0.248 e. The summed E-state index contributed by atoms with van der Waals surface area (Å²) in [5.41, 5.74) is 0. The third kappa shape index (κ3) is 3.67. The van der Waals surface area contributed by atoms with E-state index in [1.807, 2.05) is 0 Å². The van der Waals surface area contributed by atoms with E-state index in [4.69, 9.17) is 4.74 Å². The summed E-state index contributed by atoms with van der Waals surface area (Å²) in [6.07, 6.45) is 2.40. The van der Waals surface area contributed by atoms with Crippen molar-refractivity contribution in [2.75, 3.05) is 31.3 Å². The van der Waals surface area contributed by atoms with Crippen molar-refractivity contribution in [2.45, 2.75) is 25.8 Å². The van der Waals surface area contributed by atoms with E-state index in [-0.39, 0.29) is 30.1 Å². The lowest BCUT2D eigenvalue weighted by Gasteiger charge is -2.33. The van der Waals surface area contributed by atoms with Crippen LogP contribution in [0.25, 0.3) is 0 Å². The molecule has 0 aromatic heterocycles. The van der Waals surface area contributed by atoms with Crippen molar-refractivity contribution in [1.82, 2.24) is 4.90 Å². The van der Waals surface area contributed by atoms with Gasteiger partial charge < -0.3 is 9.64 Å². The van der Waals surface area contributed by atoms with Crippen LogP contribution in [0, 0.1) is 5.92 Å². The van der Waals surface area contributed by atoms with E-state index in [0.717, 1.165) is 0 Å². The Morgan fingerprint density at radius 1 is 1.41 bits per heavy atom. The van der Waals surface area contributed by atoms with Gasteiger partial charge >= 0.3 is 0 Å². The molecule has 17 heavy (non-hydrogen) atoms. The molecule has 2 aliphatic rings. The van der Waals surface area contributed by atoms with Crippen LogP contribution in [0.2, 0.25) is 0 Å². The molecular formula is C11H19NO4S. The fourth-order valence-corrected chi connectivity index (χ4v) is 3.61. The van der Waals surface area contributed by atoms with E-state index in [2.05, 4.69) is 0 Å². The maximum Gasteiger partial charge on any atom is 0.248 e. The molecule has 1 heterocycles. The van der Waals surface area contributed by atoms with Crippen LogP contribution in [0.1, 0.15) is 19.8 Å². The van der Waals surface area contributed by atoms with Crippen LogP contribution in [-0.4, -0.2) is 56.5 Å². The number of ether oxygens (including phenoxy) is 1. The minimum Gasteiger partial charge on any atom is -0.371 e. The van der Waals surface area contributed by atoms with Gasteiger partial charge in [-0.05, 0) is 25.7 Å². The lowest BCUT2D eigenvalue weighted by molar-refractivity contribution is -0.137. The molecule has 5 nitrogen and oxygen atoms in total. The summed E-state index contributed by atoms with van der Waals surface area (Å²) in [7, 11) is -2.96. The highest BCUT2D eigenvalue weighted by molar-refractivity contribution is 7.91. The molecule has 0 aromatic rings. The van der Waals surface area contributed by atoms with Gasteiger partial charge in [0.15, 0.2) is 9.84 Å². The number of hydrogen-bond acceptors (Lipinski definition) is 4. The first-order chi connectivity index (χ1) is 7.98. The molecule has 1 aliphatic heterocycles. The number of amides is 1. The molecule has 1 atom stereocenters. The van der Waals surface area contributed by atoms with Crippen LogP contribution in [0.4, 0.5) is 0 Å². The third-order valence-corrected chi connectivity index (χ3v) is 5.06. The Morgan fingerprint density at radius 2 is 2.12 bits per heavy atom. The van der Waals surface area contributed by atoms with Gasteiger partial charge in [0.05, 0.1) is 18.1 Å². The van der Waals surface area contributed by atoms with E-state index in [0.29, 0.717) is 19.1 Å². The molecular weight excluding hydrogens is 242 g/mol. The average Bonchev–Trinajstić information content (AvgIpc) is 2.99. The molecule has 6 heteroatoms. The molecule has 2 rings (SSSR count). The number of rotatable bonds is 4. The second kappa shape index (κ2) is 4.94. The van der Waals surface area contributed by atoms with Gasteiger partial charge in [-0.25, -0.2) is 8.42 Å². The summed E-state index contributed by atoms with van der Waals surface area (Å²) in [4.78, 5) is 13.4. The molecule has 1 saturated heterocycles. The summed E-state index contributed by atoms with van der Waals surface area (Å²) < 4.78 is 28.1. The Hall–Kier alpha value is -0.620. The van der Waals surface area contributed by atoms with E-state index in [1.54, 1.807) is 11.8 Å². The maximum atomic E-state index is 11.8. The quantitative estimate of drug-likeness (QED) is 0.718. The highest BCUT2D eigenvalue weighted by Gasteiger charge is 2.31. The van der Waals surface area contributed by atoms with Crippen LogP contribution < -0.4 is 0 Å². The molecule has 0 aromatic carbocycles. The normalized spacial score (nSPS) is 28.1. The van der Waals surface area contributed by atoms with Crippen molar-refractivity contribution in [2.24, 2.45) is 5.92 Å². The number of hydrogen-bond donors (Lipinski definition) is 0. The fraction of sp³-hybridized carbons (Fsp3) is 0.909. The Labute approximate surface area is 102 Å². The van der Waals surface area contributed by atoms with Gasteiger partial charge in [-0.3, -0.25) is 4.79 Å². The zero-order valence-corrected chi connectivity index (χ0v) is 10.9. The highest BCUT2D eigenvalue weighted by Crippen LogP contribution is 2.28. The first-order valence-corrected chi connectivity index (χ1v) is 7.88. The van der Waals surface area contributed by atoms with Crippen LogP contribution in [0.3, 0.4) is 0 Å². The molecule has 0 unspecified atom stereocenters. The zero-order chi connectivity index (χ0) is 12.5. The predicted octanol–water partition coefficient (Wildman–Crippen LogP) is 0.0585. The summed E-state index contributed by atoms with van der Waals surface area (Å²) >= 11 is 0. The fourth-order valence-electron chi connectivity index (χ4n) is 2.05. The molecule has 0 bridgehead atoms. The van der Waals surface area contributed by atoms with Gasteiger partial charge in [0, 0.05) is 12.6 Å². The Morgan fingerprint density at radius 3 is 2.71 bits per heavy atom. The monoisotopic (exact) mass is 261 g/mol. The van der Waals surface area contributed by atoms with Gasteiger partial charge in [0.1, 0.15) is 6.61 Å². The summed E-state index contributed by atoms with van der Waals surface area (Å²) in [5, 5.41) is 0. The largest absolute Gasteiger partial charge is 0.371 e. The summed E-state index contributed by atoms with van der Waals surface area (Å²) in [5.74, 6) is 0.697.